The third-order valence-corrected chi connectivity index (χ3v) is 3.47. The maximum atomic E-state index is 11.7. The minimum atomic E-state index is -0.431. The summed E-state index contributed by atoms with van der Waals surface area (Å²) in [5, 5.41) is 13.8. The quantitative estimate of drug-likeness (QED) is 0.665. The number of amides is 1. The van der Waals surface area contributed by atoms with E-state index in [9.17, 15) is 14.9 Å². The van der Waals surface area contributed by atoms with Gasteiger partial charge in [-0.1, -0.05) is 0 Å². The predicted molar refractivity (Wildman–Crippen MR) is 77.3 cm³/mol. The topological polar surface area (TPSA) is 75.5 Å². The van der Waals surface area contributed by atoms with E-state index < -0.39 is 4.92 Å². The lowest BCUT2D eigenvalue weighted by molar-refractivity contribution is -0.385. The first-order valence-electron chi connectivity index (χ1n) is 5.79. The number of nitrogens with zero attached hydrogens (tertiary/aromatic N) is 2. The van der Waals surface area contributed by atoms with Crippen LogP contribution in [-0.2, 0) is 4.79 Å². The van der Waals surface area contributed by atoms with Gasteiger partial charge in [0.25, 0.3) is 5.69 Å². The van der Waals surface area contributed by atoms with Crippen LogP contribution in [0, 0.1) is 17.0 Å². The van der Waals surface area contributed by atoms with Crippen molar-refractivity contribution in [3.05, 3.63) is 32.3 Å². The first-order valence-corrected chi connectivity index (χ1v) is 6.58. The zero-order valence-corrected chi connectivity index (χ0v) is 12.7. The first kappa shape index (κ1) is 15.4. The standard InChI is InChI=1S/C12H16BrN3O3/c1-4-15(3)12(17)7-14-10-5-8(2)11(16(18)19)6-9(10)13/h5-6,14H,4,7H2,1-3H3. The summed E-state index contributed by atoms with van der Waals surface area (Å²) in [6.45, 7) is 4.35. The van der Waals surface area contributed by atoms with E-state index in [-0.39, 0.29) is 18.1 Å². The van der Waals surface area contributed by atoms with Crippen molar-refractivity contribution in [2.45, 2.75) is 13.8 Å². The van der Waals surface area contributed by atoms with Crippen molar-refractivity contribution in [3.63, 3.8) is 0 Å². The molecule has 104 valence electrons. The Kier molecular flexibility index (Phi) is 5.29. The van der Waals surface area contributed by atoms with Gasteiger partial charge in [-0.2, -0.15) is 0 Å². The number of hydrogen-bond acceptors (Lipinski definition) is 4. The monoisotopic (exact) mass is 329 g/mol. The van der Waals surface area contributed by atoms with Crippen LogP contribution in [0.1, 0.15) is 12.5 Å². The molecule has 0 spiro atoms. The van der Waals surface area contributed by atoms with Crippen LogP contribution in [0.15, 0.2) is 16.6 Å². The van der Waals surface area contributed by atoms with Gasteiger partial charge in [-0.3, -0.25) is 14.9 Å². The normalized spacial score (nSPS) is 10.1. The molecule has 19 heavy (non-hydrogen) atoms. The van der Waals surface area contributed by atoms with Gasteiger partial charge in [-0.25, -0.2) is 0 Å². The first-order chi connectivity index (χ1) is 8.86. The van der Waals surface area contributed by atoms with E-state index >= 15 is 0 Å². The number of nitrogens with one attached hydrogen (secondary N) is 1. The van der Waals surface area contributed by atoms with Crippen molar-refractivity contribution in [1.29, 1.82) is 0 Å². The summed E-state index contributed by atoms with van der Waals surface area (Å²) in [4.78, 5) is 23.6. The highest BCUT2D eigenvalue weighted by atomic mass is 79.9. The van der Waals surface area contributed by atoms with Gasteiger partial charge in [0.15, 0.2) is 0 Å². The average Bonchev–Trinajstić information content (AvgIpc) is 2.37. The number of carbonyl (C=O) groups excluding carboxylic acids is 1. The van der Waals surface area contributed by atoms with Gasteiger partial charge >= 0.3 is 0 Å². The van der Waals surface area contributed by atoms with Gasteiger partial charge in [0, 0.05) is 35.4 Å². The molecule has 7 heteroatoms. The Hall–Kier alpha value is -1.63. The fraction of sp³-hybridized carbons (Fsp3) is 0.417. The number of nitro benzene ring substituents is 1. The fourth-order valence-electron chi connectivity index (χ4n) is 1.49. The zero-order valence-electron chi connectivity index (χ0n) is 11.1. The number of rotatable bonds is 5. The van der Waals surface area contributed by atoms with E-state index in [0.29, 0.717) is 22.3 Å². The van der Waals surface area contributed by atoms with E-state index in [4.69, 9.17) is 0 Å². The lowest BCUT2D eigenvalue weighted by atomic mass is 10.2. The summed E-state index contributed by atoms with van der Waals surface area (Å²) in [5.41, 5.74) is 1.27. The smallest absolute Gasteiger partial charge is 0.273 e. The Morgan fingerprint density at radius 2 is 2.16 bits per heavy atom. The molecule has 0 aliphatic rings. The minimum absolute atomic E-state index is 0.0367. The molecule has 0 saturated carbocycles. The third-order valence-electron chi connectivity index (χ3n) is 2.81. The largest absolute Gasteiger partial charge is 0.375 e. The van der Waals surface area contributed by atoms with Crippen molar-refractivity contribution in [3.8, 4) is 0 Å². The van der Waals surface area contributed by atoms with Gasteiger partial charge in [-0.05, 0) is 35.8 Å². The van der Waals surface area contributed by atoms with Crippen LogP contribution in [0.25, 0.3) is 0 Å². The molecule has 0 aliphatic carbocycles. The Morgan fingerprint density at radius 3 is 2.68 bits per heavy atom. The van der Waals surface area contributed by atoms with Gasteiger partial charge in [0.2, 0.25) is 5.91 Å². The molecular formula is C12H16BrN3O3. The fourth-order valence-corrected chi connectivity index (χ4v) is 1.96. The molecule has 0 fully saturated rings. The molecule has 0 heterocycles. The molecule has 1 aromatic rings. The van der Waals surface area contributed by atoms with E-state index in [2.05, 4.69) is 21.2 Å². The van der Waals surface area contributed by atoms with Crippen LogP contribution >= 0.6 is 15.9 Å². The molecule has 0 bridgehead atoms. The summed E-state index contributed by atoms with van der Waals surface area (Å²) in [7, 11) is 1.72. The van der Waals surface area contributed by atoms with Crippen molar-refractivity contribution in [1.82, 2.24) is 4.90 Å². The van der Waals surface area contributed by atoms with Crippen LogP contribution < -0.4 is 5.32 Å². The summed E-state index contributed by atoms with van der Waals surface area (Å²) >= 11 is 3.26. The van der Waals surface area contributed by atoms with Crippen LogP contribution in [0.4, 0.5) is 11.4 Å². The van der Waals surface area contributed by atoms with Crippen molar-refractivity contribution >= 4 is 33.2 Å². The summed E-state index contributed by atoms with van der Waals surface area (Å²) < 4.78 is 0.566. The van der Waals surface area contributed by atoms with E-state index in [1.807, 2.05) is 6.92 Å². The number of hydrogen-bond donors (Lipinski definition) is 1. The van der Waals surface area contributed by atoms with Crippen LogP contribution in [0.2, 0.25) is 0 Å². The van der Waals surface area contributed by atoms with Gasteiger partial charge in [0.1, 0.15) is 0 Å². The van der Waals surface area contributed by atoms with Crippen LogP contribution in [0.3, 0.4) is 0 Å². The maximum absolute atomic E-state index is 11.7. The molecule has 1 aromatic carbocycles. The number of anilines is 1. The molecule has 0 aromatic heterocycles. The predicted octanol–water partition coefficient (Wildman–Crippen LogP) is 2.56. The third kappa shape index (κ3) is 3.92. The highest BCUT2D eigenvalue weighted by molar-refractivity contribution is 9.10. The molecule has 0 aliphatic heterocycles. The van der Waals surface area contributed by atoms with Gasteiger partial charge in [0.05, 0.1) is 11.5 Å². The summed E-state index contributed by atoms with van der Waals surface area (Å²) in [6.07, 6.45) is 0. The molecular weight excluding hydrogens is 314 g/mol. The molecule has 0 radical (unpaired) electrons. The number of benzene rings is 1. The van der Waals surface area contributed by atoms with Gasteiger partial charge in [-0.15, -0.1) is 0 Å². The van der Waals surface area contributed by atoms with Crippen molar-refractivity contribution < 1.29 is 9.72 Å². The Morgan fingerprint density at radius 1 is 1.53 bits per heavy atom. The van der Waals surface area contributed by atoms with Crippen molar-refractivity contribution in [2.24, 2.45) is 0 Å². The SMILES string of the molecule is CCN(C)C(=O)CNc1cc(C)c([N+](=O)[O-])cc1Br. The number of nitro groups is 1. The Bertz CT molecular complexity index is 505. The molecule has 0 saturated heterocycles. The van der Waals surface area contributed by atoms with Crippen molar-refractivity contribution in [2.75, 3.05) is 25.5 Å². The lowest BCUT2D eigenvalue weighted by Gasteiger charge is -2.16. The van der Waals surface area contributed by atoms with Crippen LogP contribution in [-0.4, -0.2) is 35.9 Å². The minimum Gasteiger partial charge on any atom is -0.375 e. The molecule has 0 atom stereocenters. The zero-order chi connectivity index (χ0) is 14.6. The lowest BCUT2D eigenvalue weighted by Crippen LogP contribution is -2.31. The van der Waals surface area contributed by atoms with E-state index in [0.717, 1.165) is 0 Å². The molecule has 1 amide bonds. The van der Waals surface area contributed by atoms with E-state index in [1.54, 1.807) is 24.9 Å². The second-order valence-corrected chi connectivity index (χ2v) is 4.99. The Labute approximate surface area is 120 Å². The molecule has 0 unspecified atom stereocenters. The highest BCUT2D eigenvalue weighted by Gasteiger charge is 2.15. The number of carbonyl (C=O) groups is 1. The maximum Gasteiger partial charge on any atom is 0.273 e. The number of aryl methyl sites for hydroxylation is 1. The van der Waals surface area contributed by atoms with Crippen LogP contribution in [0.5, 0.6) is 0 Å². The average molecular weight is 330 g/mol. The summed E-state index contributed by atoms with van der Waals surface area (Å²) in [6, 6.07) is 3.09. The molecule has 1 N–H and O–H groups in total. The highest BCUT2D eigenvalue weighted by Crippen LogP contribution is 2.30. The van der Waals surface area contributed by atoms with Gasteiger partial charge < -0.3 is 10.2 Å². The number of halogens is 1. The number of likely N-dealkylation sites (N-methyl/N-ethyl adjacent to an activating group) is 1. The second-order valence-electron chi connectivity index (χ2n) is 4.14. The van der Waals surface area contributed by atoms with E-state index in [1.165, 1.54) is 6.07 Å². The Balaban J connectivity index is 2.83. The molecule has 6 nitrogen and oxygen atoms in total. The molecule has 1 rings (SSSR count). The second kappa shape index (κ2) is 6.51. The summed E-state index contributed by atoms with van der Waals surface area (Å²) in [5.74, 6) is -0.0367.